The van der Waals surface area contributed by atoms with E-state index in [2.05, 4.69) is 19.9 Å². The Bertz CT molecular complexity index is 146. The molecule has 0 heterocycles. The van der Waals surface area contributed by atoms with Gasteiger partial charge in [0.25, 0.3) is 0 Å². The van der Waals surface area contributed by atoms with Crippen LogP contribution in [0.15, 0.2) is 11.6 Å². The summed E-state index contributed by atoms with van der Waals surface area (Å²) in [5, 5.41) is 9.64. The fourth-order valence-corrected chi connectivity index (χ4v) is 2.16. The molecule has 64 valence electrons. The highest BCUT2D eigenvalue weighted by Gasteiger charge is 2.26. The Labute approximate surface area is 69.1 Å². The summed E-state index contributed by atoms with van der Waals surface area (Å²) in [4.78, 5) is 0. The van der Waals surface area contributed by atoms with Crippen molar-refractivity contribution in [1.29, 1.82) is 0 Å². The fraction of sp³-hybridized carbons (Fsp3) is 0.800. The Hall–Kier alpha value is -0.300. The van der Waals surface area contributed by atoms with Crippen LogP contribution in [0.2, 0.25) is 0 Å². The van der Waals surface area contributed by atoms with Crippen LogP contribution in [0.1, 0.15) is 33.6 Å². The molecular formula is C10H18O. The van der Waals surface area contributed by atoms with Crippen LogP contribution in [-0.2, 0) is 0 Å². The summed E-state index contributed by atoms with van der Waals surface area (Å²) in [6.07, 6.45) is 4.08. The molecule has 1 aliphatic carbocycles. The number of allylic oxidation sites excluding steroid dienone is 1. The number of aliphatic hydroxyl groups excluding tert-OH is 1. The molecule has 0 aromatic rings. The maximum Gasteiger partial charge on any atom is 0.0755 e. The SMILES string of the molecule is C/C=C1\[C@H](C)C[C@@H](C)C[C@H]1O. The smallest absolute Gasteiger partial charge is 0.0755 e. The third-order valence-electron chi connectivity index (χ3n) is 2.67. The summed E-state index contributed by atoms with van der Waals surface area (Å²) in [5.74, 6) is 1.27. The van der Waals surface area contributed by atoms with E-state index < -0.39 is 0 Å². The van der Waals surface area contributed by atoms with Gasteiger partial charge in [0.05, 0.1) is 6.10 Å². The predicted octanol–water partition coefficient (Wildman–Crippen LogP) is 2.36. The van der Waals surface area contributed by atoms with Gasteiger partial charge in [-0.15, -0.1) is 0 Å². The quantitative estimate of drug-likeness (QED) is 0.531. The molecule has 0 radical (unpaired) electrons. The van der Waals surface area contributed by atoms with Gasteiger partial charge in [-0.2, -0.15) is 0 Å². The van der Waals surface area contributed by atoms with Gasteiger partial charge in [-0.25, -0.2) is 0 Å². The molecule has 0 aliphatic heterocycles. The zero-order valence-electron chi connectivity index (χ0n) is 7.67. The van der Waals surface area contributed by atoms with Crippen LogP contribution in [0.5, 0.6) is 0 Å². The summed E-state index contributed by atoms with van der Waals surface area (Å²) in [6.45, 7) is 6.44. The first kappa shape index (κ1) is 8.79. The molecule has 1 aliphatic rings. The highest BCUT2D eigenvalue weighted by Crippen LogP contribution is 2.32. The molecule has 0 spiro atoms. The van der Waals surface area contributed by atoms with Crippen molar-refractivity contribution in [2.24, 2.45) is 11.8 Å². The largest absolute Gasteiger partial charge is 0.389 e. The van der Waals surface area contributed by atoms with Crippen LogP contribution >= 0.6 is 0 Å². The molecule has 1 saturated carbocycles. The third kappa shape index (κ3) is 1.84. The average molecular weight is 154 g/mol. The third-order valence-corrected chi connectivity index (χ3v) is 2.67. The highest BCUT2D eigenvalue weighted by atomic mass is 16.3. The maximum atomic E-state index is 9.64. The predicted molar refractivity (Wildman–Crippen MR) is 47.3 cm³/mol. The summed E-state index contributed by atoms with van der Waals surface area (Å²) >= 11 is 0. The van der Waals surface area contributed by atoms with E-state index in [0.717, 1.165) is 6.42 Å². The van der Waals surface area contributed by atoms with Crippen LogP contribution in [-0.4, -0.2) is 11.2 Å². The number of rotatable bonds is 0. The molecule has 1 heteroatoms. The van der Waals surface area contributed by atoms with Gasteiger partial charge in [0.1, 0.15) is 0 Å². The van der Waals surface area contributed by atoms with E-state index in [4.69, 9.17) is 0 Å². The zero-order valence-corrected chi connectivity index (χ0v) is 7.67. The van der Waals surface area contributed by atoms with Crippen molar-refractivity contribution in [2.75, 3.05) is 0 Å². The minimum absolute atomic E-state index is 0.168. The van der Waals surface area contributed by atoms with Crippen LogP contribution < -0.4 is 0 Å². The van der Waals surface area contributed by atoms with E-state index in [1.807, 2.05) is 6.92 Å². The van der Waals surface area contributed by atoms with E-state index in [-0.39, 0.29) is 6.10 Å². The molecule has 1 nitrogen and oxygen atoms in total. The molecule has 1 rings (SSSR count). The van der Waals surface area contributed by atoms with Crippen molar-refractivity contribution in [3.05, 3.63) is 11.6 Å². The van der Waals surface area contributed by atoms with Crippen LogP contribution in [0.25, 0.3) is 0 Å². The van der Waals surface area contributed by atoms with Gasteiger partial charge in [0, 0.05) is 0 Å². The van der Waals surface area contributed by atoms with Crippen molar-refractivity contribution >= 4 is 0 Å². The highest BCUT2D eigenvalue weighted by molar-refractivity contribution is 5.13. The Morgan fingerprint density at radius 3 is 2.45 bits per heavy atom. The van der Waals surface area contributed by atoms with Crippen LogP contribution in [0, 0.1) is 11.8 Å². The lowest BCUT2D eigenvalue weighted by Crippen LogP contribution is -2.26. The van der Waals surface area contributed by atoms with E-state index in [0.29, 0.717) is 11.8 Å². The second kappa shape index (κ2) is 3.40. The molecule has 0 aromatic carbocycles. The standard InChI is InChI=1S/C10H18O/c1-4-9-8(3)5-7(2)6-10(9)11/h4,7-8,10-11H,5-6H2,1-3H3/b9-4+/t7-,8-,10-/m1/s1. The summed E-state index contributed by atoms with van der Waals surface area (Å²) in [7, 11) is 0. The van der Waals surface area contributed by atoms with Crippen molar-refractivity contribution in [1.82, 2.24) is 0 Å². The Morgan fingerprint density at radius 1 is 1.36 bits per heavy atom. The first-order valence-electron chi connectivity index (χ1n) is 4.49. The molecule has 0 aromatic heterocycles. The van der Waals surface area contributed by atoms with Gasteiger partial charge < -0.3 is 5.11 Å². The molecular weight excluding hydrogens is 136 g/mol. The first-order chi connectivity index (χ1) is 5.15. The Morgan fingerprint density at radius 2 is 2.00 bits per heavy atom. The normalized spacial score (nSPS) is 42.9. The van der Waals surface area contributed by atoms with Gasteiger partial charge in [-0.1, -0.05) is 19.9 Å². The second-order valence-electron chi connectivity index (χ2n) is 3.78. The number of hydrogen-bond donors (Lipinski definition) is 1. The van der Waals surface area contributed by atoms with Crippen molar-refractivity contribution in [2.45, 2.75) is 39.7 Å². The summed E-state index contributed by atoms with van der Waals surface area (Å²) < 4.78 is 0. The average Bonchev–Trinajstić information content (AvgIpc) is 1.85. The molecule has 0 unspecified atom stereocenters. The Balaban J connectivity index is 2.67. The lowest BCUT2D eigenvalue weighted by atomic mass is 9.78. The minimum atomic E-state index is -0.168. The lowest BCUT2D eigenvalue weighted by Gasteiger charge is -2.31. The van der Waals surface area contributed by atoms with Gasteiger partial charge in [0.15, 0.2) is 0 Å². The van der Waals surface area contributed by atoms with Crippen molar-refractivity contribution < 1.29 is 5.11 Å². The van der Waals surface area contributed by atoms with E-state index in [1.54, 1.807) is 0 Å². The molecule has 3 atom stereocenters. The summed E-state index contributed by atoms with van der Waals surface area (Å²) in [6, 6.07) is 0. The monoisotopic (exact) mass is 154 g/mol. The Kier molecular flexibility index (Phi) is 2.72. The minimum Gasteiger partial charge on any atom is -0.389 e. The van der Waals surface area contributed by atoms with Crippen LogP contribution in [0.4, 0.5) is 0 Å². The zero-order chi connectivity index (χ0) is 8.43. The molecule has 0 saturated heterocycles. The maximum absolute atomic E-state index is 9.64. The molecule has 0 amide bonds. The first-order valence-corrected chi connectivity index (χ1v) is 4.49. The van der Waals surface area contributed by atoms with Gasteiger partial charge in [0.2, 0.25) is 0 Å². The lowest BCUT2D eigenvalue weighted by molar-refractivity contribution is 0.135. The number of hydrogen-bond acceptors (Lipinski definition) is 1. The fourth-order valence-electron chi connectivity index (χ4n) is 2.16. The van der Waals surface area contributed by atoms with Crippen LogP contribution in [0.3, 0.4) is 0 Å². The number of aliphatic hydroxyl groups is 1. The van der Waals surface area contributed by atoms with Crippen molar-refractivity contribution in [3.8, 4) is 0 Å². The van der Waals surface area contributed by atoms with E-state index >= 15 is 0 Å². The summed E-state index contributed by atoms with van der Waals surface area (Å²) in [5.41, 5.74) is 1.24. The second-order valence-corrected chi connectivity index (χ2v) is 3.78. The van der Waals surface area contributed by atoms with E-state index in [1.165, 1.54) is 12.0 Å². The van der Waals surface area contributed by atoms with Gasteiger partial charge in [-0.05, 0) is 37.2 Å². The molecule has 1 fully saturated rings. The van der Waals surface area contributed by atoms with Gasteiger partial charge in [-0.3, -0.25) is 0 Å². The van der Waals surface area contributed by atoms with Crippen molar-refractivity contribution in [3.63, 3.8) is 0 Å². The van der Waals surface area contributed by atoms with E-state index in [9.17, 15) is 5.11 Å². The molecule has 0 bridgehead atoms. The molecule has 11 heavy (non-hydrogen) atoms. The molecule has 1 N–H and O–H groups in total. The topological polar surface area (TPSA) is 20.2 Å². The van der Waals surface area contributed by atoms with Gasteiger partial charge >= 0.3 is 0 Å².